The Morgan fingerprint density at radius 2 is 1.68 bits per heavy atom. The van der Waals surface area contributed by atoms with E-state index in [0.29, 0.717) is 23.8 Å². The number of carbonyl (C=O) groups is 3. The van der Waals surface area contributed by atoms with Crippen LogP contribution in [0.2, 0.25) is 0 Å². The van der Waals surface area contributed by atoms with E-state index in [2.05, 4.69) is 5.32 Å². The minimum atomic E-state index is -4.76. The van der Waals surface area contributed by atoms with Crippen LogP contribution in [0.25, 0.3) is 0 Å². The van der Waals surface area contributed by atoms with Crippen molar-refractivity contribution in [3.63, 3.8) is 0 Å². The van der Waals surface area contributed by atoms with Gasteiger partial charge in [-0.2, -0.15) is 17.5 Å². The van der Waals surface area contributed by atoms with Gasteiger partial charge in [0.1, 0.15) is 17.9 Å². The van der Waals surface area contributed by atoms with Crippen molar-refractivity contribution in [3.8, 4) is 0 Å². The summed E-state index contributed by atoms with van der Waals surface area (Å²) in [5, 5.41) is 19.6. The van der Waals surface area contributed by atoms with Crippen LogP contribution in [0.15, 0.2) is 47.4 Å². The highest BCUT2D eigenvalue weighted by Crippen LogP contribution is 2.34. The van der Waals surface area contributed by atoms with Gasteiger partial charge in [-0.3, -0.25) is 9.59 Å². The maximum Gasteiger partial charge on any atom is 0.416 e. The molecule has 0 radical (unpaired) electrons. The number of hydrogen-bond donors (Lipinski definition) is 3. The predicted octanol–water partition coefficient (Wildman–Crippen LogP) is 5.08. The van der Waals surface area contributed by atoms with Crippen LogP contribution in [0.3, 0.4) is 0 Å². The minimum Gasteiger partial charge on any atom is -0.480 e. The number of rotatable bonds is 15. The van der Waals surface area contributed by atoms with E-state index in [0.717, 1.165) is 47.7 Å². The summed E-state index contributed by atoms with van der Waals surface area (Å²) in [4.78, 5) is 36.9. The lowest BCUT2D eigenvalue weighted by atomic mass is 10.00. The maximum absolute atomic E-state index is 13.3. The van der Waals surface area contributed by atoms with Crippen LogP contribution in [0.1, 0.15) is 74.1 Å². The summed E-state index contributed by atoms with van der Waals surface area (Å²) in [5.41, 5.74) is 0.930. The Morgan fingerprint density at radius 3 is 2.30 bits per heavy atom. The number of hydrogen-bond acceptors (Lipinski definition) is 6. The Balaban J connectivity index is 1.63. The molecule has 0 aromatic heterocycles. The lowest BCUT2D eigenvalue weighted by molar-refractivity contribution is -0.142. The van der Waals surface area contributed by atoms with Crippen LogP contribution in [0, 0.1) is 12.3 Å². The number of halogens is 3. The largest absolute Gasteiger partial charge is 0.480 e. The average Bonchev–Trinajstić information content (AvgIpc) is 3.44. The molecule has 1 fully saturated rings. The highest BCUT2D eigenvalue weighted by Gasteiger charge is 2.41. The van der Waals surface area contributed by atoms with E-state index < -0.39 is 50.6 Å². The molecule has 0 bridgehead atoms. The minimum absolute atomic E-state index is 0.0800. The summed E-state index contributed by atoms with van der Waals surface area (Å²) in [6.07, 6.45) is -0.601. The van der Waals surface area contributed by atoms with Crippen molar-refractivity contribution >= 4 is 33.4 Å². The third-order valence-corrected chi connectivity index (χ3v) is 9.36. The van der Waals surface area contributed by atoms with Gasteiger partial charge in [-0.25, -0.2) is 13.2 Å². The molecule has 3 rings (SSSR count). The van der Waals surface area contributed by atoms with Gasteiger partial charge in [0.25, 0.3) is 0 Å². The molecule has 1 aliphatic rings. The van der Waals surface area contributed by atoms with E-state index in [-0.39, 0.29) is 43.6 Å². The third-order valence-electron chi connectivity index (χ3n) is 7.48. The van der Waals surface area contributed by atoms with Gasteiger partial charge in [-0.05, 0) is 80.8 Å². The zero-order chi connectivity index (χ0) is 32.7. The summed E-state index contributed by atoms with van der Waals surface area (Å²) in [6.45, 7) is 3.00. The van der Waals surface area contributed by atoms with Gasteiger partial charge in [-0.1, -0.05) is 30.7 Å². The smallest absolute Gasteiger partial charge is 0.416 e. The molecule has 1 unspecified atom stereocenters. The monoisotopic (exact) mass is 637 g/mol. The number of benzene rings is 2. The second-order valence-electron chi connectivity index (χ2n) is 11.3. The molecular weight excluding hydrogens is 599 g/mol. The number of Topliss-reactive ketones (excluding diaryl/α,β-unsaturated/α-hetero) is 1. The second kappa shape index (κ2) is 14.9. The summed E-state index contributed by atoms with van der Waals surface area (Å²) >= 11 is 0. The molecule has 1 heterocycles. The van der Waals surface area contributed by atoms with Crippen LogP contribution in [0.4, 0.5) is 13.2 Å². The number of carbonyl (C=O) groups excluding carboxylic acids is 2. The van der Waals surface area contributed by atoms with E-state index in [1.807, 2.05) is 0 Å². The summed E-state index contributed by atoms with van der Waals surface area (Å²) < 4.78 is 67.5. The van der Waals surface area contributed by atoms with Gasteiger partial charge in [-0.15, -0.1) is 0 Å². The number of alkyl halides is 3. The molecule has 1 amide bonds. The molecule has 13 heteroatoms. The van der Waals surface area contributed by atoms with Gasteiger partial charge >= 0.3 is 12.1 Å². The molecule has 0 saturated carbocycles. The second-order valence-corrected chi connectivity index (χ2v) is 13.2. The van der Waals surface area contributed by atoms with Crippen LogP contribution in [-0.2, 0) is 43.4 Å². The number of unbranched alkanes of at least 4 members (excludes halogenated alkanes) is 2. The Hall–Kier alpha value is -3.58. The van der Waals surface area contributed by atoms with Crippen molar-refractivity contribution in [2.24, 2.45) is 0 Å². The lowest BCUT2D eigenvalue weighted by Gasteiger charge is -2.25. The Kier molecular flexibility index (Phi) is 11.8. The van der Waals surface area contributed by atoms with Crippen LogP contribution >= 0.6 is 0 Å². The van der Waals surface area contributed by atoms with Gasteiger partial charge in [0.05, 0.1) is 10.5 Å². The molecule has 240 valence electrons. The van der Waals surface area contributed by atoms with Gasteiger partial charge in [0.15, 0.2) is 0 Å². The lowest BCUT2D eigenvalue weighted by Crippen LogP contribution is -2.51. The topological polar surface area (TPSA) is 145 Å². The first-order valence-electron chi connectivity index (χ1n) is 14.5. The summed E-state index contributed by atoms with van der Waals surface area (Å²) in [7, 11) is -4.49. The molecule has 2 aromatic carbocycles. The molecule has 3 N–H and O–H groups in total. The number of carboxylic acid groups (broad SMARTS) is 1. The fraction of sp³-hybridized carbons (Fsp3) is 0.484. The number of sulfonamides is 1. The van der Waals surface area contributed by atoms with Crippen molar-refractivity contribution in [3.05, 3.63) is 64.7 Å². The van der Waals surface area contributed by atoms with E-state index >= 15 is 0 Å². The first kappa shape index (κ1) is 34.9. The number of amides is 1. The van der Waals surface area contributed by atoms with Crippen molar-refractivity contribution in [2.75, 3.05) is 6.54 Å². The molecule has 0 spiro atoms. The quantitative estimate of drug-likeness (QED) is 0.184. The molecule has 0 aliphatic carbocycles. The Labute approximate surface area is 255 Å². The molecule has 9 nitrogen and oxygen atoms in total. The van der Waals surface area contributed by atoms with Crippen molar-refractivity contribution in [1.29, 1.82) is 5.41 Å². The zero-order valence-electron chi connectivity index (χ0n) is 24.7. The van der Waals surface area contributed by atoms with Crippen LogP contribution in [-0.4, -0.2) is 59.8 Å². The Bertz CT molecular complexity index is 1480. The van der Waals surface area contributed by atoms with Crippen molar-refractivity contribution in [2.45, 2.75) is 94.8 Å². The third kappa shape index (κ3) is 9.71. The molecule has 2 atom stereocenters. The zero-order valence-corrected chi connectivity index (χ0v) is 25.6. The van der Waals surface area contributed by atoms with Crippen molar-refractivity contribution < 1.29 is 41.1 Å². The average molecular weight is 638 g/mol. The van der Waals surface area contributed by atoms with E-state index in [9.17, 15) is 41.1 Å². The number of carboxylic acids is 1. The van der Waals surface area contributed by atoms with Gasteiger partial charge in [0, 0.05) is 31.5 Å². The molecule has 1 aliphatic heterocycles. The number of aryl methyl sites for hydroxylation is 1. The first-order valence-corrected chi connectivity index (χ1v) is 15.9. The van der Waals surface area contributed by atoms with Gasteiger partial charge in [0.2, 0.25) is 15.9 Å². The molecule has 2 aromatic rings. The van der Waals surface area contributed by atoms with Gasteiger partial charge < -0.3 is 15.8 Å². The van der Waals surface area contributed by atoms with E-state index in [1.165, 1.54) is 6.92 Å². The molecular formula is C31H38F3N3O6S. The number of nitrogens with one attached hydrogen (secondary N) is 2. The Morgan fingerprint density at radius 1 is 1.05 bits per heavy atom. The maximum atomic E-state index is 13.3. The number of nitrogens with zero attached hydrogens (tertiary/aromatic N) is 1. The summed E-state index contributed by atoms with van der Waals surface area (Å²) in [5.74, 6) is -2.10. The SMILES string of the molecule is CC(=N)CCCCCC(=O)Cc1ccc(CC(NC(=O)[C@@H]2CCCN2S(=O)(=O)c2cc(C)cc(C(F)(F)F)c2)C(=O)O)cc1. The number of ketones is 1. The fourth-order valence-electron chi connectivity index (χ4n) is 5.19. The normalized spacial score (nSPS) is 16.4. The highest BCUT2D eigenvalue weighted by molar-refractivity contribution is 7.89. The van der Waals surface area contributed by atoms with E-state index in [4.69, 9.17) is 5.41 Å². The van der Waals surface area contributed by atoms with E-state index in [1.54, 1.807) is 31.2 Å². The standard InChI is InChI=1S/C31H38F3N3O6S/c1-20-15-24(31(32,33)34)19-26(16-20)44(42,43)37-14-6-9-28(37)29(39)36-27(30(40)41)18-23-12-10-22(11-13-23)17-25(38)8-5-3-4-7-21(2)35/h10-13,15-16,19,27-28,35H,3-9,14,17-18H2,1-2H3,(H,36,39)(H,40,41)/t27?,28-/m0/s1. The molecule has 1 saturated heterocycles. The number of aliphatic carboxylic acids is 1. The van der Waals surface area contributed by atoms with Crippen molar-refractivity contribution in [1.82, 2.24) is 9.62 Å². The fourth-order valence-corrected chi connectivity index (χ4v) is 6.97. The predicted molar refractivity (Wildman–Crippen MR) is 158 cm³/mol. The highest BCUT2D eigenvalue weighted by atomic mass is 32.2. The molecule has 44 heavy (non-hydrogen) atoms. The summed E-state index contributed by atoms with van der Waals surface area (Å²) in [6, 6.07) is 6.58. The van der Waals surface area contributed by atoms with Crippen LogP contribution < -0.4 is 5.32 Å². The van der Waals surface area contributed by atoms with Crippen LogP contribution in [0.5, 0.6) is 0 Å². The first-order chi connectivity index (χ1) is 20.6.